The number of hydrogen-bond acceptors (Lipinski definition) is 2. The fraction of sp³-hybridized carbons (Fsp3) is 1.00. The normalized spacial score (nSPS) is 13.9. The Morgan fingerprint density at radius 2 is 0.615 bits per heavy atom. The topological polar surface area (TPSA) is 29.4 Å². The Morgan fingerprint density at radius 1 is 0.333 bits per heavy atom. The van der Waals surface area contributed by atoms with E-state index in [0.29, 0.717) is 0 Å². The maximum absolute atomic E-state index is 11.6. The van der Waals surface area contributed by atoms with Crippen LogP contribution in [0.4, 0.5) is 0 Å². The summed E-state index contributed by atoms with van der Waals surface area (Å²) in [5, 5.41) is 3.59. The first-order valence-electron chi connectivity index (χ1n) is 18.5. The molecule has 0 N–H and O–H groups in total. The van der Waals surface area contributed by atoms with Crippen LogP contribution >= 0.6 is 0 Å². The number of nitrogens with zero attached hydrogens (tertiary/aromatic N) is 1. The van der Waals surface area contributed by atoms with Crippen molar-refractivity contribution in [1.29, 1.82) is 0 Å². The number of hydrogen-bond donors (Lipinski definition) is 0. The molecule has 0 amide bonds. The van der Waals surface area contributed by atoms with Crippen LogP contribution in [0.3, 0.4) is 0 Å². The first-order valence-corrected chi connectivity index (χ1v) is 18.5. The lowest BCUT2D eigenvalue weighted by Gasteiger charge is -2.19. The van der Waals surface area contributed by atoms with Gasteiger partial charge in [0.05, 0.1) is 6.04 Å². The van der Waals surface area contributed by atoms with E-state index in [9.17, 15) is 4.91 Å². The molecule has 0 saturated carbocycles. The number of nitroso groups, excluding NO2 is 1. The van der Waals surface area contributed by atoms with E-state index in [1.807, 2.05) is 0 Å². The maximum atomic E-state index is 11.6. The summed E-state index contributed by atoms with van der Waals surface area (Å²) in [7, 11) is 0. The largest absolute Gasteiger partial charge is 0.151 e. The smallest absolute Gasteiger partial charge is 0.0919 e. The lowest BCUT2D eigenvalue weighted by molar-refractivity contribution is 0.350. The molecule has 2 unspecified atom stereocenters. The van der Waals surface area contributed by atoms with Crippen LogP contribution in [-0.4, -0.2) is 6.04 Å². The van der Waals surface area contributed by atoms with E-state index in [1.165, 1.54) is 180 Å². The van der Waals surface area contributed by atoms with Crippen molar-refractivity contribution in [3.8, 4) is 0 Å². The monoisotopic (exact) mass is 550 g/mol. The molecular weight excluding hydrogens is 474 g/mol. The Kier molecular flexibility index (Phi) is 31.8. The molecule has 0 aliphatic heterocycles. The predicted molar refractivity (Wildman–Crippen MR) is 178 cm³/mol. The highest BCUT2D eigenvalue weighted by atomic mass is 16.3. The van der Waals surface area contributed by atoms with Crippen LogP contribution in [0, 0.1) is 16.7 Å². The molecular formula is C37H75NO. The molecule has 0 radical (unpaired) electrons. The van der Waals surface area contributed by atoms with Gasteiger partial charge in [-0.15, -0.1) is 0 Å². The van der Waals surface area contributed by atoms with Crippen molar-refractivity contribution in [3.63, 3.8) is 0 Å². The Balaban J connectivity index is 4.16. The van der Waals surface area contributed by atoms with Gasteiger partial charge in [-0.1, -0.05) is 213 Å². The van der Waals surface area contributed by atoms with Crippen molar-refractivity contribution in [2.45, 2.75) is 226 Å². The average molecular weight is 550 g/mol. The van der Waals surface area contributed by atoms with Gasteiger partial charge in [-0.3, -0.25) is 0 Å². The van der Waals surface area contributed by atoms with Crippen molar-refractivity contribution in [3.05, 3.63) is 4.91 Å². The highest BCUT2D eigenvalue weighted by Gasteiger charge is 2.14. The van der Waals surface area contributed by atoms with Crippen LogP contribution < -0.4 is 0 Å². The molecule has 0 heterocycles. The van der Waals surface area contributed by atoms with Gasteiger partial charge in [0.2, 0.25) is 0 Å². The van der Waals surface area contributed by atoms with Crippen LogP contribution in [0.15, 0.2) is 5.18 Å². The molecule has 2 atom stereocenters. The molecule has 0 rings (SSSR count). The minimum Gasteiger partial charge on any atom is -0.151 e. The third-order valence-electron chi connectivity index (χ3n) is 9.31. The van der Waals surface area contributed by atoms with Crippen LogP contribution in [0.1, 0.15) is 220 Å². The molecule has 0 aromatic rings. The van der Waals surface area contributed by atoms with Gasteiger partial charge in [-0.25, -0.2) is 0 Å². The van der Waals surface area contributed by atoms with E-state index in [4.69, 9.17) is 0 Å². The molecule has 0 bridgehead atoms. The van der Waals surface area contributed by atoms with Gasteiger partial charge in [0, 0.05) is 0 Å². The molecule has 39 heavy (non-hydrogen) atoms. The molecule has 2 nitrogen and oxygen atoms in total. The SMILES string of the molecule is CCCCCCCCCCC(CCCC)CCCC(CCCC(CCCC)CCCCCCCCCC)N=O. The Labute approximate surface area is 248 Å². The van der Waals surface area contributed by atoms with Crippen molar-refractivity contribution in [2.75, 3.05) is 0 Å². The van der Waals surface area contributed by atoms with E-state index < -0.39 is 0 Å². The summed E-state index contributed by atoms with van der Waals surface area (Å²) in [6.45, 7) is 9.24. The highest BCUT2D eigenvalue weighted by molar-refractivity contribution is 4.70. The predicted octanol–water partition coefficient (Wildman–Crippen LogP) is 14.1. The lowest BCUT2D eigenvalue weighted by atomic mass is 9.88. The van der Waals surface area contributed by atoms with Crippen molar-refractivity contribution in [2.24, 2.45) is 17.0 Å². The summed E-state index contributed by atoms with van der Waals surface area (Å²) in [5.41, 5.74) is 0. The van der Waals surface area contributed by atoms with Crippen molar-refractivity contribution in [1.82, 2.24) is 0 Å². The zero-order valence-electron chi connectivity index (χ0n) is 27.8. The first-order chi connectivity index (χ1) is 19.2. The second-order valence-corrected chi connectivity index (χ2v) is 13.2. The van der Waals surface area contributed by atoms with E-state index >= 15 is 0 Å². The van der Waals surface area contributed by atoms with E-state index in [-0.39, 0.29) is 6.04 Å². The van der Waals surface area contributed by atoms with Crippen LogP contribution in [-0.2, 0) is 0 Å². The fourth-order valence-electron chi connectivity index (χ4n) is 6.52. The summed E-state index contributed by atoms with van der Waals surface area (Å²) in [4.78, 5) is 11.6. The number of unbranched alkanes of at least 4 members (excludes halogenated alkanes) is 16. The van der Waals surface area contributed by atoms with Crippen LogP contribution in [0.5, 0.6) is 0 Å². The molecule has 0 aliphatic carbocycles. The fourth-order valence-corrected chi connectivity index (χ4v) is 6.52. The van der Waals surface area contributed by atoms with Gasteiger partial charge in [0.15, 0.2) is 0 Å². The Morgan fingerprint density at radius 3 is 0.949 bits per heavy atom. The molecule has 0 aromatic heterocycles. The van der Waals surface area contributed by atoms with Gasteiger partial charge >= 0.3 is 0 Å². The lowest BCUT2D eigenvalue weighted by Crippen LogP contribution is -2.08. The third-order valence-corrected chi connectivity index (χ3v) is 9.31. The quantitative estimate of drug-likeness (QED) is 0.0591. The second-order valence-electron chi connectivity index (χ2n) is 13.2. The van der Waals surface area contributed by atoms with Crippen molar-refractivity contribution < 1.29 is 0 Å². The average Bonchev–Trinajstić information content (AvgIpc) is 2.95. The molecule has 0 aliphatic rings. The molecule has 0 saturated heterocycles. The molecule has 0 fully saturated rings. The standard InChI is InChI=1S/C37H75NO/c1-5-9-13-15-17-19-21-23-29-35(27-11-7-3)31-25-33-37(38-39)34-26-32-36(28-12-8-4)30-24-22-20-18-16-14-10-6-2/h35-37H,5-34H2,1-4H3. The van der Waals surface area contributed by atoms with Crippen molar-refractivity contribution >= 4 is 0 Å². The van der Waals surface area contributed by atoms with E-state index in [1.54, 1.807) is 0 Å². The Bertz CT molecular complexity index is 426. The summed E-state index contributed by atoms with van der Waals surface area (Å²) in [5.74, 6) is 1.75. The molecule has 2 heteroatoms. The molecule has 0 spiro atoms. The molecule has 234 valence electrons. The summed E-state index contributed by atoms with van der Waals surface area (Å²) < 4.78 is 0. The summed E-state index contributed by atoms with van der Waals surface area (Å²) in [6.07, 6.45) is 40.7. The Hall–Kier alpha value is -0.400. The summed E-state index contributed by atoms with van der Waals surface area (Å²) >= 11 is 0. The van der Waals surface area contributed by atoms with E-state index in [2.05, 4.69) is 32.9 Å². The zero-order chi connectivity index (χ0) is 28.7. The first kappa shape index (κ1) is 38.6. The third kappa shape index (κ3) is 27.5. The van der Waals surface area contributed by atoms with Crippen LogP contribution in [0.2, 0.25) is 0 Å². The summed E-state index contributed by atoms with van der Waals surface area (Å²) in [6, 6.07) is 0.0647. The number of rotatable bonds is 33. The van der Waals surface area contributed by atoms with Gasteiger partial charge in [0.1, 0.15) is 0 Å². The minimum atomic E-state index is 0.0647. The molecule has 0 aromatic carbocycles. The van der Waals surface area contributed by atoms with Gasteiger partial charge in [0.25, 0.3) is 0 Å². The minimum absolute atomic E-state index is 0.0647. The second kappa shape index (κ2) is 32.1. The maximum Gasteiger partial charge on any atom is 0.0919 e. The van der Waals surface area contributed by atoms with E-state index in [0.717, 1.165) is 24.7 Å². The van der Waals surface area contributed by atoms with Crippen LogP contribution in [0.25, 0.3) is 0 Å². The van der Waals surface area contributed by atoms with Gasteiger partial charge in [-0.05, 0) is 24.7 Å². The zero-order valence-corrected chi connectivity index (χ0v) is 27.8. The van der Waals surface area contributed by atoms with Gasteiger partial charge < -0.3 is 0 Å². The highest BCUT2D eigenvalue weighted by Crippen LogP contribution is 2.27. The van der Waals surface area contributed by atoms with Gasteiger partial charge in [-0.2, -0.15) is 4.91 Å².